The van der Waals surface area contributed by atoms with Gasteiger partial charge < -0.3 is 20.7 Å². The highest BCUT2D eigenvalue weighted by atomic mass is 32.2. The second kappa shape index (κ2) is 14.3. The first-order valence-corrected chi connectivity index (χ1v) is 15.2. The number of benzene rings is 2. The van der Waals surface area contributed by atoms with Gasteiger partial charge in [0.1, 0.15) is 12.1 Å². The number of sulfonamides is 1. The van der Waals surface area contributed by atoms with E-state index < -0.39 is 28.1 Å². The zero-order valence-electron chi connectivity index (χ0n) is 24.0. The Morgan fingerprint density at radius 1 is 1.02 bits per heavy atom. The molecule has 0 unspecified atom stereocenters. The van der Waals surface area contributed by atoms with Gasteiger partial charge >= 0.3 is 5.97 Å². The van der Waals surface area contributed by atoms with Crippen molar-refractivity contribution in [2.45, 2.75) is 70.4 Å². The van der Waals surface area contributed by atoms with E-state index in [-0.39, 0.29) is 42.1 Å². The smallest absolute Gasteiger partial charge is 0.322 e. The van der Waals surface area contributed by atoms with Gasteiger partial charge in [-0.25, -0.2) is 8.42 Å². The van der Waals surface area contributed by atoms with Crippen LogP contribution < -0.4 is 10.6 Å². The van der Waals surface area contributed by atoms with Crippen molar-refractivity contribution in [3.05, 3.63) is 65.9 Å². The number of amides is 2. The van der Waals surface area contributed by atoms with E-state index in [0.29, 0.717) is 19.3 Å². The second-order valence-electron chi connectivity index (χ2n) is 10.7. The molecule has 0 spiro atoms. The summed E-state index contributed by atoms with van der Waals surface area (Å²) in [5.74, 6) is -1.97. The SMILES string of the molecule is CC(=O)N[C@@H](Cc1c[nH]c2ccccc12)C(=O)NCCCC[C@@H](C(=O)O)N(CC(C)C)S(=O)(=O)c1ccc(C)cc1. The minimum Gasteiger partial charge on any atom is -0.480 e. The predicted molar refractivity (Wildman–Crippen MR) is 158 cm³/mol. The number of carbonyl (C=O) groups is 3. The molecule has 0 bridgehead atoms. The van der Waals surface area contributed by atoms with Crippen LogP contribution in [-0.4, -0.2) is 65.8 Å². The van der Waals surface area contributed by atoms with Gasteiger partial charge in [0.05, 0.1) is 4.90 Å². The van der Waals surface area contributed by atoms with Crippen molar-refractivity contribution in [1.29, 1.82) is 0 Å². The highest BCUT2D eigenvalue weighted by Crippen LogP contribution is 2.23. The summed E-state index contributed by atoms with van der Waals surface area (Å²) in [6.07, 6.45) is 3.04. The van der Waals surface area contributed by atoms with Crippen molar-refractivity contribution < 1.29 is 27.9 Å². The monoisotopic (exact) mass is 584 g/mol. The first kappa shape index (κ1) is 31.8. The molecule has 1 heterocycles. The molecule has 1 aromatic heterocycles. The molecule has 0 aliphatic heterocycles. The van der Waals surface area contributed by atoms with Crippen LogP contribution in [0, 0.1) is 12.8 Å². The third kappa shape index (κ3) is 8.64. The number of carboxylic acids is 1. The lowest BCUT2D eigenvalue weighted by Gasteiger charge is -2.29. The minimum absolute atomic E-state index is 0.0569. The largest absolute Gasteiger partial charge is 0.480 e. The van der Waals surface area contributed by atoms with Gasteiger partial charge in [-0.15, -0.1) is 0 Å². The Morgan fingerprint density at radius 3 is 2.34 bits per heavy atom. The van der Waals surface area contributed by atoms with E-state index in [1.807, 2.05) is 51.2 Å². The summed E-state index contributed by atoms with van der Waals surface area (Å²) in [6, 6.07) is 12.0. The number of aliphatic carboxylic acids is 1. The molecule has 0 fully saturated rings. The Hall–Kier alpha value is -3.70. The van der Waals surface area contributed by atoms with E-state index in [1.165, 1.54) is 19.1 Å². The molecule has 4 N–H and O–H groups in total. The first-order valence-electron chi connectivity index (χ1n) is 13.8. The van der Waals surface area contributed by atoms with E-state index >= 15 is 0 Å². The number of nitrogens with zero attached hydrogens (tertiary/aromatic N) is 1. The van der Waals surface area contributed by atoms with Crippen LogP contribution in [0.25, 0.3) is 10.9 Å². The standard InChI is InChI=1S/C30H40N4O6S/c1-20(2)19-34(41(39,40)24-14-12-21(3)13-15-24)28(30(37)38)11-7-8-16-31-29(36)27(33-22(4)35)17-23-18-32-26-10-6-5-9-25(23)26/h5-6,9-10,12-15,18,20,27-28,32H,7-8,11,16-17,19H2,1-4H3,(H,31,36)(H,33,35)(H,37,38)/t27-,28-/m0/s1. The Balaban J connectivity index is 1.62. The van der Waals surface area contributed by atoms with Crippen molar-refractivity contribution in [2.24, 2.45) is 5.92 Å². The number of fused-ring (bicyclic) bond motifs is 1. The molecule has 2 aromatic carbocycles. The average Bonchev–Trinajstić information content (AvgIpc) is 3.31. The molecule has 41 heavy (non-hydrogen) atoms. The molecule has 0 saturated heterocycles. The van der Waals surface area contributed by atoms with Crippen molar-refractivity contribution in [3.8, 4) is 0 Å². The highest BCUT2D eigenvalue weighted by molar-refractivity contribution is 7.89. The molecular formula is C30H40N4O6S. The van der Waals surface area contributed by atoms with Crippen molar-refractivity contribution >= 4 is 38.7 Å². The summed E-state index contributed by atoms with van der Waals surface area (Å²) in [5.41, 5.74) is 2.74. The quantitative estimate of drug-likeness (QED) is 0.201. The van der Waals surface area contributed by atoms with Gasteiger partial charge in [0.2, 0.25) is 21.8 Å². The Labute approximate surface area is 241 Å². The molecule has 0 aliphatic rings. The highest BCUT2D eigenvalue weighted by Gasteiger charge is 2.36. The average molecular weight is 585 g/mol. The van der Waals surface area contributed by atoms with Gasteiger partial charge in [0.15, 0.2) is 0 Å². The number of rotatable bonds is 15. The first-order chi connectivity index (χ1) is 19.4. The summed E-state index contributed by atoms with van der Waals surface area (Å²) < 4.78 is 28.0. The molecule has 2 atom stereocenters. The van der Waals surface area contributed by atoms with Crippen LogP contribution in [0.2, 0.25) is 0 Å². The maximum Gasteiger partial charge on any atom is 0.322 e. The number of unbranched alkanes of at least 4 members (excludes halogenated alkanes) is 1. The van der Waals surface area contributed by atoms with E-state index in [0.717, 1.165) is 26.3 Å². The molecule has 3 aromatic rings. The lowest BCUT2D eigenvalue weighted by molar-refractivity contribution is -0.142. The number of carboxylic acid groups (broad SMARTS) is 1. The fourth-order valence-corrected chi connectivity index (χ4v) is 6.54. The van der Waals surface area contributed by atoms with Crippen molar-refractivity contribution in [1.82, 2.24) is 19.9 Å². The topological polar surface area (TPSA) is 149 Å². The molecule has 0 aliphatic carbocycles. The van der Waals surface area contributed by atoms with Gasteiger partial charge in [-0.05, 0) is 55.9 Å². The summed E-state index contributed by atoms with van der Waals surface area (Å²) in [7, 11) is -4.04. The van der Waals surface area contributed by atoms with Crippen LogP contribution >= 0.6 is 0 Å². The van der Waals surface area contributed by atoms with Crippen LogP contribution in [0.1, 0.15) is 51.2 Å². The number of aromatic amines is 1. The number of aryl methyl sites for hydroxylation is 1. The number of carbonyl (C=O) groups excluding carboxylic acids is 2. The summed E-state index contributed by atoms with van der Waals surface area (Å²) in [5, 5.41) is 16.5. The zero-order chi connectivity index (χ0) is 30.2. The lowest BCUT2D eigenvalue weighted by Crippen LogP contribution is -2.48. The van der Waals surface area contributed by atoms with Crippen LogP contribution in [-0.2, 0) is 30.8 Å². The maximum atomic E-state index is 13.4. The van der Waals surface area contributed by atoms with Crippen LogP contribution in [0.3, 0.4) is 0 Å². The predicted octanol–water partition coefficient (Wildman–Crippen LogP) is 3.61. The van der Waals surface area contributed by atoms with E-state index in [1.54, 1.807) is 12.1 Å². The molecular weight excluding hydrogens is 544 g/mol. The molecule has 10 nitrogen and oxygen atoms in total. The fraction of sp³-hybridized carbons (Fsp3) is 0.433. The van der Waals surface area contributed by atoms with E-state index in [4.69, 9.17) is 0 Å². The third-order valence-corrected chi connectivity index (χ3v) is 8.69. The van der Waals surface area contributed by atoms with Crippen LogP contribution in [0.15, 0.2) is 59.6 Å². The molecule has 0 radical (unpaired) electrons. The van der Waals surface area contributed by atoms with E-state index in [9.17, 15) is 27.9 Å². The lowest BCUT2D eigenvalue weighted by atomic mass is 10.0. The number of hydrogen-bond acceptors (Lipinski definition) is 5. The van der Waals surface area contributed by atoms with Crippen LogP contribution in [0.4, 0.5) is 0 Å². The molecule has 2 amide bonds. The Bertz CT molecular complexity index is 1450. The van der Waals surface area contributed by atoms with Gasteiger partial charge in [0.25, 0.3) is 0 Å². The number of aromatic nitrogens is 1. The summed E-state index contributed by atoms with van der Waals surface area (Å²) in [4.78, 5) is 40.2. The second-order valence-corrected chi connectivity index (χ2v) is 12.6. The van der Waals surface area contributed by atoms with Gasteiger partial charge in [-0.3, -0.25) is 14.4 Å². The van der Waals surface area contributed by atoms with Crippen molar-refractivity contribution in [3.63, 3.8) is 0 Å². The Kier molecular flexibility index (Phi) is 11.1. The summed E-state index contributed by atoms with van der Waals surface area (Å²) >= 11 is 0. The van der Waals surface area contributed by atoms with Crippen molar-refractivity contribution in [2.75, 3.05) is 13.1 Å². The van der Waals surface area contributed by atoms with Gasteiger partial charge in [0, 0.05) is 43.5 Å². The molecule has 222 valence electrons. The maximum absolute atomic E-state index is 13.4. The normalized spacial score (nSPS) is 13.3. The van der Waals surface area contributed by atoms with Gasteiger partial charge in [-0.2, -0.15) is 4.31 Å². The minimum atomic E-state index is -4.04. The number of para-hydroxylation sites is 1. The number of nitrogens with one attached hydrogen (secondary N) is 3. The molecule has 11 heteroatoms. The molecule has 0 saturated carbocycles. The Morgan fingerprint density at radius 2 is 1.71 bits per heavy atom. The zero-order valence-corrected chi connectivity index (χ0v) is 24.8. The fourth-order valence-electron chi connectivity index (χ4n) is 4.76. The van der Waals surface area contributed by atoms with Gasteiger partial charge in [-0.1, -0.05) is 49.7 Å². The van der Waals surface area contributed by atoms with Crippen LogP contribution in [0.5, 0.6) is 0 Å². The number of H-pyrrole nitrogens is 1. The third-order valence-electron chi connectivity index (χ3n) is 6.80. The number of hydrogen-bond donors (Lipinski definition) is 4. The summed E-state index contributed by atoms with van der Waals surface area (Å²) in [6.45, 7) is 7.21. The van der Waals surface area contributed by atoms with E-state index in [2.05, 4.69) is 15.6 Å². The molecule has 3 rings (SSSR count).